The van der Waals surface area contributed by atoms with Crippen LogP contribution in [-0.2, 0) is 23.7 Å². The molecule has 0 fully saturated rings. The summed E-state index contributed by atoms with van der Waals surface area (Å²) in [6.07, 6.45) is 0.831. The molecule has 0 saturated heterocycles. The summed E-state index contributed by atoms with van der Waals surface area (Å²) >= 11 is 6.50. The number of rotatable bonds is 1. The zero-order valence-electron chi connectivity index (χ0n) is 6.19. The van der Waals surface area contributed by atoms with E-state index in [4.69, 9.17) is 21.3 Å². The molecule has 1 aromatic carbocycles. The monoisotopic (exact) mass is 238 g/mol. The zero-order chi connectivity index (χ0) is 8.69. The Balaban J connectivity index is 0.000000461. The van der Waals surface area contributed by atoms with E-state index in [1.807, 2.05) is 24.3 Å². The van der Waals surface area contributed by atoms with Crippen molar-refractivity contribution >= 4 is 21.3 Å². The Morgan fingerprint density at radius 1 is 1.18 bits per heavy atom. The predicted octanol–water partition coefficient (Wildman–Crippen LogP) is 3.40. The normalized spacial score (nSPS) is 8.45. The molecule has 0 saturated carbocycles. The van der Waals surface area contributed by atoms with Gasteiger partial charge in [-0.3, -0.25) is 0 Å². The molecule has 0 aliphatic rings. The van der Waals surface area contributed by atoms with Gasteiger partial charge in [-0.05, 0) is 12.1 Å². The minimum absolute atomic E-state index is 0.784. The average Bonchev–Trinajstić information content (AvgIpc) is 2.10. The van der Waals surface area contributed by atoms with Gasteiger partial charge < -0.3 is 6.92 Å². The predicted molar refractivity (Wildman–Crippen MR) is 46.4 cm³/mol. The number of hydrogen-bond donors (Lipinski definition) is 0. The zero-order valence-corrected chi connectivity index (χ0v) is 10.7. The molecule has 0 spiro atoms. The Morgan fingerprint density at radius 2 is 1.64 bits per heavy atom. The molecule has 1 rings (SSSR count). The third-order valence-corrected chi connectivity index (χ3v) is 1.45. The Morgan fingerprint density at radius 3 is 2.00 bits per heavy atom. The Kier molecular flexibility index (Phi) is 7.37. The van der Waals surface area contributed by atoms with E-state index < -0.39 is 0 Å². The van der Waals surface area contributed by atoms with Crippen LogP contribution >= 0.6 is 21.3 Å². The first-order valence-corrected chi connectivity index (χ1v) is 7.41. The van der Waals surface area contributed by atoms with Crippen LogP contribution in [-0.4, -0.2) is 0 Å². The molecule has 0 aromatic heterocycles. The molecule has 0 atom stereocenters. The molecule has 11 heavy (non-hydrogen) atoms. The molecular weight excluding hydrogens is 232 g/mol. The second-order valence-corrected chi connectivity index (χ2v) is 2.31. The standard InChI is InChI=1S/C8H8Cl.ClH.Zn/c1-2-7-3-5-8(9)6-4-7;;/h3-6H,1-2H2;1H;/q-1;;+2/p-1. The summed E-state index contributed by atoms with van der Waals surface area (Å²) < 4.78 is 0. The van der Waals surface area contributed by atoms with Crippen molar-refractivity contribution in [2.75, 3.05) is 0 Å². The minimum atomic E-state index is 0.784. The van der Waals surface area contributed by atoms with Crippen LogP contribution in [0.25, 0.3) is 0 Å². The molecule has 0 aliphatic carbocycles. The molecule has 0 bridgehead atoms. The first-order chi connectivity index (χ1) is 5.33. The molecule has 0 heterocycles. The van der Waals surface area contributed by atoms with Gasteiger partial charge in [0.25, 0.3) is 0 Å². The molecule has 56 valence electrons. The van der Waals surface area contributed by atoms with E-state index in [-0.39, 0.29) is 0 Å². The summed E-state index contributed by atoms with van der Waals surface area (Å²) in [5.41, 5.74) is 1.22. The van der Waals surface area contributed by atoms with Crippen molar-refractivity contribution in [3.8, 4) is 0 Å². The molecule has 0 radical (unpaired) electrons. The Labute approximate surface area is 86.6 Å². The summed E-state index contributed by atoms with van der Waals surface area (Å²) in [4.78, 5) is 0. The van der Waals surface area contributed by atoms with E-state index in [1.165, 1.54) is 5.56 Å². The first-order valence-electron chi connectivity index (χ1n) is 3.13. The SMILES string of the molecule is [CH2-]Cc1ccc(Cl)cc1.[Cl][Zn+]. The number of halogens is 2. The van der Waals surface area contributed by atoms with E-state index in [1.54, 1.807) is 0 Å². The van der Waals surface area contributed by atoms with Gasteiger partial charge in [-0.25, -0.2) is 0 Å². The van der Waals surface area contributed by atoms with Gasteiger partial charge in [0, 0.05) is 5.02 Å². The van der Waals surface area contributed by atoms with Crippen molar-refractivity contribution < 1.29 is 17.3 Å². The third kappa shape index (κ3) is 4.79. The fourth-order valence-electron chi connectivity index (χ4n) is 0.651. The van der Waals surface area contributed by atoms with Crippen LogP contribution in [0, 0.1) is 6.92 Å². The molecular formula is C8H8Cl2Zn. The molecule has 0 amide bonds. The summed E-state index contributed by atoms with van der Waals surface area (Å²) in [6, 6.07) is 7.72. The van der Waals surface area contributed by atoms with Crippen molar-refractivity contribution in [1.29, 1.82) is 0 Å². The molecule has 0 N–H and O–H groups in total. The van der Waals surface area contributed by atoms with Crippen molar-refractivity contribution in [3.63, 3.8) is 0 Å². The fraction of sp³-hybridized carbons (Fsp3) is 0.125. The second kappa shape index (κ2) is 7.09. The summed E-state index contributed by atoms with van der Waals surface area (Å²) in [5, 5.41) is 0.784. The van der Waals surface area contributed by atoms with E-state index >= 15 is 0 Å². The summed E-state index contributed by atoms with van der Waals surface area (Å²) in [5.74, 6) is 0. The average molecular weight is 240 g/mol. The van der Waals surface area contributed by atoms with Crippen LogP contribution in [0.3, 0.4) is 0 Å². The number of benzene rings is 1. The molecule has 1 aromatic rings. The topological polar surface area (TPSA) is 0 Å². The van der Waals surface area contributed by atoms with Crippen LogP contribution in [0.4, 0.5) is 0 Å². The third-order valence-electron chi connectivity index (χ3n) is 1.20. The van der Waals surface area contributed by atoms with Crippen molar-refractivity contribution in [2.45, 2.75) is 6.42 Å². The van der Waals surface area contributed by atoms with Crippen LogP contribution in [0.5, 0.6) is 0 Å². The van der Waals surface area contributed by atoms with Gasteiger partial charge in [0.05, 0.1) is 0 Å². The van der Waals surface area contributed by atoms with E-state index in [9.17, 15) is 0 Å². The van der Waals surface area contributed by atoms with E-state index in [0.29, 0.717) is 0 Å². The second-order valence-electron chi connectivity index (χ2n) is 1.88. The van der Waals surface area contributed by atoms with Crippen LogP contribution in [0.15, 0.2) is 24.3 Å². The quantitative estimate of drug-likeness (QED) is 0.521. The van der Waals surface area contributed by atoms with Gasteiger partial charge in [-0.1, -0.05) is 29.3 Å². The van der Waals surface area contributed by atoms with E-state index in [2.05, 4.69) is 6.92 Å². The Bertz CT molecular complexity index is 184. The molecule has 0 aliphatic heterocycles. The van der Waals surface area contributed by atoms with Gasteiger partial charge in [0.1, 0.15) is 0 Å². The number of hydrogen-bond acceptors (Lipinski definition) is 0. The molecule has 3 heteroatoms. The van der Waals surface area contributed by atoms with Crippen LogP contribution < -0.4 is 0 Å². The van der Waals surface area contributed by atoms with Gasteiger partial charge in [-0.15, -0.1) is 0 Å². The van der Waals surface area contributed by atoms with Crippen molar-refractivity contribution in [2.24, 2.45) is 0 Å². The molecule has 0 nitrogen and oxygen atoms in total. The molecule has 0 unspecified atom stereocenters. The summed E-state index contributed by atoms with van der Waals surface area (Å²) in [7, 11) is 4.76. The first kappa shape index (κ1) is 11.4. The van der Waals surface area contributed by atoms with Gasteiger partial charge >= 0.3 is 27.0 Å². The van der Waals surface area contributed by atoms with Gasteiger partial charge in [-0.2, -0.15) is 6.42 Å². The van der Waals surface area contributed by atoms with Gasteiger partial charge in [0.15, 0.2) is 0 Å². The summed E-state index contributed by atoms with van der Waals surface area (Å²) in [6.45, 7) is 3.74. The maximum absolute atomic E-state index is 5.65. The van der Waals surface area contributed by atoms with Crippen LogP contribution in [0.1, 0.15) is 5.56 Å². The fourth-order valence-corrected chi connectivity index (χ4v) is 0.777. The van der Waals surface area contributed by atoms with Crippen molar-refractivity contribution in [1.82, 2.24) is 0 Å². The van der Waals surface area contributed by atoms with E-state index in [0.717, 1.165) is 28.8 Å². The van der Waals surface area contributed by atoms with Gasteiger partial charge in [0.2, 0.25) is 0 Å². The van der Waals surface area contributed by atoms with Crippen molar-refractivity contribution in [3.05, 3.63) is 41.8 Å². The Hall–Kier alpha value is 0.423. The van der Waals surface area contributed by atoms with Crippen LogP contribution in [0.2, 0.25) is 5.02 Å². The maximum atomic E-state index is 5.65.